The van der Waals surface area contributed by atoms with Gasteiger partial charge in [0, 0.05) is 5.56 Å². The Bertz CT molecular complexity index is 886. The number of nitrogens with zero attached hydrogens (tertiary/aromatic N) is 1. The van der Waals surface area contributed by atoms with Gasteiger partial charge in [-0.05, 0) is 59.5 Å². The first-order valence-electron chi connectivity index (χ1n) is 8.98. The van der Waals surface area contributed by atoms with Crippen molar-refractivity contribution in [2.24, 2.45) is 5.10 Å². The molecule has 0 aliphatic heterocycles. The smallest absolute Gasteiger partial charge is 0.271 e. The number of carbonyl (C=O) groups excluding carboxylic acids is 1. The van der Waals surface area contributed by atoms with Crippen LogP contribution in [0.15, 0.2) is 84.0 Å². The molecular formula is C23H22N2O2. The summed E-state index contributed by atoms with van der Waals surface area (Å²) in [6, 6.07) is 25.1. The van der Waals surface area contributed by atoms with E-state index < -0.39 is 0 Å². The average molecular weight is 358 g/mol. The van der Waals surface area contributed by atoms with Crippen molar-refractivity contribution in [3.8, 4) is 16.9 Å². The largest absolute Gasteiger partial charge is 0.494 e. The quantitative estimate of drug-likeness (QED) is 0.482. The van der Waals surface area contributed by atoms with Crippen LogP contribution in [0.3, 0.4) is 0 Å². The molecule has 0 aromatic heterocycles. The van der Waals surface area contributed by atoms with E-state index in [2.05, 4.69) is 17.5 Å². The van der Waals surface area contributed by atoms with Crippen LogP contribution in [-0.2, 0) is 0 Å². The molecule has 136 valence electrons. The maximum Gasteiger partial charge on any atom is 0.271 e. The predicted molar refractivity (Wildman–Crippen MR) is 109 cm³/mol. The zero-order valence-corrected chi connectivity index (χ0v) is 15.3. The third-order valence-electron chi connectivity index (χ3n) is 3.99. The van der Waals surface area contributed by atoms with Crippen LogP contribution < -0.4 is 10.2 Å². The molecule has 0 atom stereocenters. The summed E-state index contributed by atoms with van der Waals surface area (Å²) in [5.74, 6) is 0.588. The molecule has 0 saturated carbocycles. The van der Waals surface area contributed by atoms with Crippen molar-refractivity contribution in [2.45, 2.75) is 13.3 Å². The molecule has 1 amide bonds. The highest BCUT2D eigenvalue weighted by Gasteiger charge is 2.04. The van der Waals surface area contributed by atoms with Crippen LogP contribution in [0.25, 0.3) is 11.1 Å². The summed E-state index contributed by atoms with van der Waals surface area (Å²) in [5.41, 5.74) is 6.20. The van der Waals surface area contributed by atoms with E-state index in [1.807, 2.05) is 66.7 Å². The minimum absolute atomic E-state index is 0.242. The highest BCUT2D eigenvalue weighted by molar-refractivity contribution is 5.95. The first kappa shape index (κ1) is 18.4. The van der Waals surface area contributed by atoms with Crippen molar-refractivity contribution in [1.82, 2.24) is 5.43 Å². The molecule has 0 aliphatic rings. The van der Waals surface area contributed by atoms with Gasteiger partial charge in [0.1, 0.15) is 5.75 Å². The van der Waals surface area contributed by atoms with Crippen LogP contribution in [0, 0.1) is 0 Å². The van der Waals surface area contributed by atoms with Crippen molar-refractivity contribution in [3.63, 3.8) is 0 Å². The monoisotopic (exact) mass is 358 g/mol. The standard InChI is InChI=1S/C23H22N2O2/c1-2-16-27-22-14-8-18(9-15-22)17-24-25-23(26)21-12-10-20(11-13-21)19-6-4-3-5-7-19/h3-15,17H,2,16H2,1H3,(H,25,26)/b24-17+. The normalized spacial score (nSPS) is 10.7. The van der Waals surface area contributed by atoms with E-state index in [4.69, 9.17) is 4.74 Å². The van der Waals surface area contributed by atoms with Crippen molar-refractivity contribution < 1.29 is 9.53 Å². The second-order valence-electron chi connectivity index (χ2n) is 6.06. The molecule has 4 nitrogen and oxygen atoms in total. The van der Waals surface area contributed by atoms with Crippen LogP contribution >= 0.6 is 0 Å². The summed E-state index contributed by atoms with van der Waals surface area (Å²) in [6.45, 7) is 2.77. The second kappa shape index (κ2) is 9.34. The summed E-state index contributed by atoms with van der Waals surface area (Å²) in [5, 5.41) is 4.02. The number of benzene rings is 3. The topological polar surface area (TPSA) is 50.7 Å². The third kappa shape index (κ3) is 5.28. The summed E-state index contributed by atoms with van der Waals surface area (Å²) in [7, 11) is 0. The van der Waals surface area contributed by atoms with E-state index in [-0.39, 0.29) is 5.91 Å². The lowest BCUT2D eigenvalue weighted by molar-refractivity contribution is 0.0955. The van der Waals surface area contributed by atoms with Gasteiger partial charge in [0.05, 0.1) is 12.8 Å². The Balaban J connectivity index is 1.56. The van der Waals surface area contributed by atoms with Gasteiger partial charge in [-0.25, -0.2) is 5.43 Å². The lowest BCUT2D eigenvalue weighted by Crippen LogP contribution is -2.17. The molecule has 0 bridgehead atoms. The molecule has 4 heteroatoms. The van der Waals surface area contributed by atoms with Crippen LogP contribution in [0.5, 0.6) is 5.75 Å². The average Bonchev–Trinajstić information content (AvgIpc) is 2.74. The molecule has 0 heterocycles. The van der Waals surface area contributed by atoms with E-state index in [9.17, 15) is 4.79 Å². The number of carbonyl (C=O) groups is 1. The van der Waals surface area contributed by atoms with Gasteiger partial charge in [0.2, 0.25) is 0 Å². The Labute approximate surface area is 159 Å². The third-order valence-corrected chi connectivity index (χ3v) is 3.99. The Hall–Kier alpha value is -3.40. The van der Waals surface area contributed by atoms with Crippen molar-refractivity contribution in [2.75, 3.05) is 6.61 Å². The molecule has 1 N–H and O–H groups in total. The van der Waals surface area contributed by atoms with E-state index in [1.165, 1.54) is 0 Å². The van der Waals surface area contributed by atoms with E-state index in [0.29, 0.717) is 12.2 Å². The minimum atomic E-state index is -0.242. The van der Waals surface area contributed by atoms with Gasteiger partial charge in [-0.1, -0.05) is 49.4 Å². The molecule has 3 rings (SSSR count). The fourth-order valence-electron chi connectivity index (χ4n) is 2.54. The van der Waals surface area contributed by atoms with E-state index in [0.717, 1.165) is 28.9 Å². The van der Waals surface area contributed by atoms with Gasteiger partial charge in [0.25, 0.3) is 5.91 Å². The molecule has 0 spiro atoms. The number of hydrogen-bond donors (Lipinski definition) is 1. The predicted octanol–water partition coefficient (Wildman–Crippen LogP) is 4.91. The van der Waals surface area contributed by atoms with Gasteiger partial charge >= 0.3 is 0 Å². The number of nitrogens with one attached hydrogen (secondary N) is 1. The van der Waals surface area contributed by atoms with Crippen molar-refractivity contribution >= 4 is 12.1 Å². The van der Waals surface area contributed by atoms with Crippen LogP contribution in [-0.4, -0.2) is 18.7 Å². The Morgan fingerprint density at radius 1 is 0.926 bits per heavy atom. The highest BCUT2D eigenvalue weighted by atomic mass is 16.5. The fraction of sp³-hybridized carbons (Fsp3) is 0.130. The Morgan fingerprint density at radius 2 is 1.59 bits per heavy atom. The molecule has 0 aliphatic carbocycles. The number of rotatable bonds is 7. The van der Waals surface area contributed by atoms with Crippen molar-refractivity contribution in [1.29, 1.82) is 0 Å². The maximum atomic E-state index is 12.2. The number of hydrazone groups is 1. The number of hydrogen-bond acceptors (Lipinski definition) is 3. The first-order valence-corrected chi connectivity index (χ1v) is 8.98. The molecule has 0 saturated heterocycles. The van der Waals surface area contributed by atoms with Gasteiger partial charge < -0.3 is 4.74 Å². The van der Waals surface area contributed by atoms with E-state index >= 15 is 0 Å². The molecular weight excluding hydrogens is 336 g/mol. The summed E-state index contributed by atoms with van der Waals surface area (Å²) >= 11 is 0. The van der Waals surface area contributed by atoms with Gasteiger partial charge in [-0.3, -0.25) is 4.79 Å². The molecule has 0 radical (unpaired) electrons. The second-order valence-corrected chi connectivity index (χ2v) is 6.06. The Kier molecular flexibility index (Phi) is 6.36. The first-order chi connectivity index (χ1) is 13.3. The zero-order chi connectivity index (χ0) is 18.9. The molecule has 27 heavy (non-hydrogen) atoms. The van der Waals surface area contributed by atoms with Crippen molar-refractivity contribution in [3.05, 3.63) is 90.0 Å². The SMILES string of the molecule is CCCOc1ccc(/C=N/NC(=O)c2ccc(-c3ccccc3)cc2)cc1. The lowest BCUT2D eigenvalue weighted by Gasteiger charge is -2.04. The van der Waals surface area contributed by atoms with Crippen LogP contribution in [0.4, 0.5) is 0 Å². The van der Waals surface area contributed by atoms with Gasteiger partial charge in [0.15, 0.2) is 0 Å². The van der Waals surface area contributed by atoms with Crippen LogP contribution in [0.1, 0.15) is 29.3 Å². The minimum Gasteiger partial charge on any atom is -0.494 e. The molecule has 0 fully saturated rings. The molecule has 0 unspecified atom stereocenters. The maximum absolute atomic E-state index is 12.2. The molecule has 3 aromatic rings. The van der Waals surface area contributed by atoms with Crippen LogP contribution in [0.2, 0.25) is 0 Å². The molecule has 3 aromatic carbocycles. The number of amides is 1. The van der Waals surface area contributed by atoms with Gasteiger partial charge in [-0.15, -0.1) is 0 Å². The Morgan fingerprint density at radius 3 is 2.26 bits per heavy atom. The number of ether oxygens (including phenoxy) is 1. The summed E-state index contributed by atoms with van der Waals surface area (Å²) < 4.78 is 5.54. The zero-order valence-electron chi connectivity index (χ0n) is 15.3. The van der Waals surface area contributed by atoms with Gasteiger partial charge in [-0.2, -0.15) is 5.10 Å². The fourth-order valence-corrected chi connectivity index (χ4v) is 2.54. The highest BCUT2D eigenvalue weighted by Crippen LogP contribution is 2.19. The van der Waals surface area contributed by atoms with E-state index in [1.54, 1.807) is 18.3 Å². The lowest BCUT2D eigenvalue weighted by atomic mass is 10.0. The summed E-state index contributed by atoms with van der Waals surface area (Å²) in [4.78, 5) is 12.2. The summed E-state index contributed by atoms with van der Waals surface area (Å²) in [6.07, 6.45) is 2.58.